The number of hydrogen-bond acceptors (Lipinski definition) is 4. The van der Waals surface area contributed by atoms with Gasteiger partial charge < -0.3 is 14.9 Å². The predicted octanol–water partition coefficient (Wildman–Crippen LogP) is 1.29. The molecular formula is C7H12O4. The minimum Gasteiger partial charge on any atom is -0.511 e. The Hall–Kier alpha value is -1.19. The van der Waals surface area contributed by atoms with Crippen molar-refractivity contribution >= 4 is 5.97 Å². The molecule has 4 nitrogen and oxygen atoms in total. The van der Waals surface area contributed by atoms with E-state index >= 15 is 0 Å². The van der Waals surface area contributed by atoms with E-state index in [0.717, 1.165) is 12.8 Å². The number of aliphatic hydroxyl groups excluding tert-OH is 2. The van der Waals surface area contributed by atoms with Crippen LogP contribution in [0.5, 0.6) is 0 Å². The zero-order valence-electron chi connectivity index (χ0n) is 6.41. The third-order valence-corrected chi connectivity index (χ3v) is 1.06. The summed E-state index contributed by atoms with van der Waals surface area (Å²) >= 11 is 0. The molecule has 0 aliphatic carbocycles. The van der Waals surface area contributed by atoms with Gasteiger partial charge in [0.1, 0.15) is 6.26 Å². The molecule has 11 heavy (non-hydrogen) atoms. The standard InChI is InChI=1S/C7H12O4/c1-2-3-4-11-7(10)6(9)5-8/h5,8-9H,2-4H2,1H3. The van der Waals surface area contributed by atoms with Gasteiger partial charge in [-0.05, 0) is 6.42 Å². The minimum absolute atomic E-state index is 0.271. The van der Waals surface area contributed by atoms with Crippen LogP contribution in [0.15, 0.2) is 12.0 Å². The van der Waals surface area contributed by atoms with Crippen LogP contribution in [-0.2, 0) is 9.53 Å². The first-order chi connectivity index (χ1) is 5.22. The van der Waals surface area contributed by atoms with Gasteiger partial charge in [0.15, 0.2) is 0 Å². The maximum absolute atomic E-state index is 10.5. The lowest BCUT2D eigenvalue weighted by molar-refractivity contribution is -0.142. The van der Waals surface area contributed by atoms with Gasteiger partial charge in [-0.1, -0.05) is 13.3 Å². The fraction of sp³-hybridized carbons (Fsp3) is 0.571. The number of aliphatic hydroxyl groups is 2. The monoisotopic (exact) mass is 160 g/mol. The lowest BCUT2D eigenvalue weighted by Gasteiger charge is -2.00. The molecule has 2 N–H and O–H groups in total. The number of esters is 1. The van der Waals surface area contributed by atoms with Crippen LogP contribution in [-0.4, -0.2) is 22.8 Å². The third kappa shape index (κ3) is 4.25. The molecule has 0 heterocycles. The van der Waals surface area contributed by atoms with E-state index < -0.39 is 11.7 Å². The van der Waals surface area contributed by atoms with E-state index in [9.17, 15) is 4.79 Å². The van der Waals surface area contributed by atoms with Crippen LogP contribution in [0, 0.1) is 0 Å². The SMILES string of the molecule is CCCCOC(=O)C(O)=CO. The first-order valence-electron chi connectivity index (χ1n) is 3.42. The van der Waals surface area contributed by atoms with Crippen LogP contribution in [0.1, 0.15) is 19.8 Å². The number of carbonyl (C=O) groups excluding carboxylic acids is 1. The van der Waals surface area contributed by atoms with Crippen LogP contribution in [0.4, 0.5) is 0 Å². The summed E-state index contributed by atoms with van der Waals surface area (Å²) in [5.74, 6) is -1.65. The molecule has 0 unspecified atom stereocenters. The molecular weight excluding hydrogens is 148 g/mol. The smallest absolute Gasteiger partial charge is 0.376 e. The summed E-state index contributed by atoms with van der Waals surface area (Å²) in [6.07, 6.45) is 1.98. The summed E-state index contributed by atoms with van der Waals surface area (Å²) in [4.78, 5) is 10.5. The summed E-state index contributed by atoms with van der Waals surface area (Å²) in [5.41, 5.74) is 0. The fourth-order valence-electron chi connectivity index (χ4n) is 0.436. The molecule has 0 aliphatic rings. The molecule has 0 saturated heterocycles. The summed E-state index contributed by atoms with van der Waals surface area (Å²) in [7, 11) is 0. The molecule has 0 radical (unpaired) electrons. The van der Waals surface area contributed by atoms with E-state index in [0.29, 0.717) is 6.26 Å². The van der Waals surface area contributed by atoms with E-state index in [1.165, 1.54) is 0 Å². The van der Waals surface area contributed by atoms with Crippen molar-refractivity contribution in [3.8, 4) is 0 Å². The van der Waals surface area contributed by atoms with E-state index in [4.69, 9.17) is 10.2 Å². The van der Waals surface area contributed by atoms with Crippen molar-refractivity contribution in [1.82, 2.24) is 0 Å². The Morgan fingerprint density at radius 2 is 2.27 bits per heavy atom. The largest absolute Gasteiger partial charge is 0.511 e. The van der Waals surface area contributed by atoms with Crippen molar-refractivity contribution in [2.45, 2.75) is 19.8 Å². The van der Waals surface area contributed by atoms with E-state index in [2.05, 4.69) is 4.74 Å². The van der Waals surface area contributed by atoms with E-state index in [-0.39, 0.29) is 6.61 Å². The Labute approximate surface area is 65.1 Å². The van der Waals surface area contributed by atoms with Crippen molar-refractivity contribution in [2.24, 2.45) is 0 Å². The Morgan fingerprint density at radius 3 is 2.73 bits per heavy atom. The summed E-state index contributed by atoms with van der Waals surface area (Å²) < 4.78 is 4.52. The van der Waals surface area contributed by atoms with Crippen LogP contribution in [0.25, 0.3) is 0 Å². The van der Waals surface area contributed by atoms with Crippen molar-refractivity contribution in [2.75, 3.05) is 6.61 Å². The number of unbranched alkanes of at least 4 members (excludes halogenated alkanes) is 1. The Morgan fingerprint density at radius 1 is 1.64 bits per heavy atom. The van der Waals surface area contributed by atoms with Crippen molar-refractivity contribution < 1.29 is 19.7 Å². The second-order valence-electron chi connectivity index (χ2n) is 2.00. The highest BCUT2D eigenvalue weighted by Gasteiger charge is 2.07. The van der Waals surface area contributed by atoms with Gasteiger partial charge in [-0.2, -0.15) is 0 Å². The van der Waals surface area contributed by atoms with Gasteiger partial charge in [0.05, 0.1) is 6.61 Å². The van der Waals surface area contributed by atoms with Crippen LogP contribution in [0.3, 0.4) is 0 Å². The Kier molecular flexibility index (Phi) is 4.98. The van der Waals surface area contributed by atoms with E-state index in [1.807, 2.05) is 6.92 Å². The first kappa shape index (κ1) is 9.81. The Balaban J connectivity index is 3.53. The maximum Gasteiger partial charge on any atom is 0.376 e. The summed E-state index contributed by atoms with van der Waals surface area (Å²) in [6.45, 7) is 2.23. The fourth-order valence-corrected chi connectivity index (χ4v) is 0.436. The second-order valence-corrected chi connectivity index (χ2v) is 2.00. The van der Waals surface area contributed by atoms with Crippen molar-refractivity contribution in [1.29, 1.82) is 0 Å². The molecule has 0 amide bonds. The predicted molar refractivity (Wildman–Crippen MR) is 39.2 cm³/mol. The van der Waals surface area contributed by atoms with Crippen LogP contribution in [0.2, 0.25) is 0 Å². The Bertz CT molecular complexity index is 151. The van der Waals surface area contributed by atoms with Gasteiger partial charge in [0.2, 0.25) is 5.76 Å². The lowest BCUT2D eigenvalue weighted by Crippen LogP contribution is -2.08. The highest BCUT2D eigenvalue weighted by atomic mass is 16.5. The normalized spacial score (nSPS) is 11.2. The molecule has 0 spiro atoms. The average Bonchev–Trinajstić information content (AvgIpc) is 2.03. The zero-order chi connectivity index (χ0) is 8.69. The number of carbonyl (C=O) groups is 1. The van der Waals surface area contributed by atoms with Crippen LogP contribution < -0.4 is 0 Å². The van der Waals surface area contributed by atoms with Crippen LogP contribution >= 0.6 is 0 Å². The number of rotatable bonds is 4. The van der Waals surface area contributed by atoms with Crippen molar-refractivity contribution in [3.05, 3.63) is 12.0 Å². The van der Waals surface area contributed by atoms with Gasteiger partial charge in [0.25, 0.3) is 0 Å². The summed E-state index contributed by atoms with van der Waals surface area (Å²) in [6, 6.07) is 0. The molecule has 4 heteroatoms. The van der Waals surface area contributed by atoms with Gasteiger partial charge >= 0.3 is 5.97 Å². The highest BCUT2D eigenvalue weighted by molar-refractivity contribution is 5.85. The minimum atomic E-state index is -0.888. The number of hydrogen-bond donors (Lipinski definition) is 2. The molecule has 64 valence electrons. The third-order valence-electron chi connectivity index (χ3n) is 1.06. The summed E-state index contributed by atoms with van der Waals surface area (Å²) in [5, 5.41) is 16.7. The topological polar surface area (TPSA) is 66.8 Å². The second kappa shape index (κ2) is 5.58. The lowest BCUT2D eigenvalue weighted by atomic mass is 10.4. The van der Waals surface area contributed by atoms with Gasteiger partial charge in [-0.15, -0.1) is 0 Å². The van der Waals surface area contributed by atoms with Gasteiger partial charge in [-0.3, -0.25) is 0 Å². The highest BCUT2D eigenvalue weighted by Crippen LogP contribution is 1.94. The first-order valence-corrected chi connectivity index (χ1v) is 3.42. The average molecular weight is 160 g/mol. The van der Waals surface area contributed by atoms with Gasteiger partial charge in [-0.25, -0.2) is 4.79 Å². The molecule has 0 atom stereocenters. The molecule has 0 aliphatic heterocycles. The maximum atomic E-state index is 10.5. The van der Waals surface area contributed by atoms with Gasteiger partial charge in [0, 0.05) is 0 Å². The zero-order valence-corrected chi connectivity index (χ0v) is 6.41. The number of ether oxygens (including phenoxy) is 1. The molecule has 0 saturated carbocycles. The van der Waals surface area contributed by atoms with Crippen molar-refractivity contribution in [3.63, 3.8) is 0 Å². The van der Waals surface area contributed by atoms with E-state index in [1.54, 1.807) is 0 Å². The molecule has 0 rings (SSSR count). The molecule has 0 aromatic rings. The molecule has 0 bridgehead atoms. The molecule has 0 aromatic heterocycles. The molecule has 0 fully saturated rings. The molecule has 0 aromatic carbocycles. The quantitative estimate of drug-likeness (QED) is 0.281.